The van der Waals surface area contributed by atoms with E-state index in [2.05, 4.69) is 22.2 Å². The summed E-state index contributed by atoms with van der Waals surface area (Å²) in [6.45, 7) is 8.33. The van der Waals surface area contributed by atoms with Crippen molar-refractivity contribution in [3.8, 4) is 16.9 Å². The highest BCUT2D eigenvalue weighted by molar-refractivity contribution is 5.91. The summed E-state index contributed by atoms with van der Waals surface area (Å²) < 4.78 is 35.1. The van der Waals surface area contributed by atoms with E-state index < -0.39 is 29.7 Å². The number of halogens is 2. The van der Waals surface area contributed by atoms with Crippen molar-refractivity contribution in [3.05, 3.63) is 107 Å². The number of pyridine rings is 1. The maximum Gasteiger partial charge on any atom is 0.320 e. The number of nitrogens with one attached hydrogen (secondary N) is 2. The number of hydrogen-bond acceptors (Lipinski definition) is 5. The highest BCUT2D eigenvalue weighted by atomic mass is 19.2. The van der Waals surface area contributed by atoms with Gasteiger partial charge in [0.1, 0.15) is 5.82 Å². The number of anilines is 1. The fourth-order valence-corrected chi connectivity index (χ4v) is 5.73. The Balaban J connectivity index is 1.47. The summed E-state index contributed by atoms with van der Waals surface area (Å²) in [4.78, 5) is 19.9. The van der Waals surface area contributed by atoms with Gasteiger partial charge in [-0.25, -0.2) is 18.3 Å². The van der Waals surface area contributed by atoms with Crippen LogP contribution in [-0.2, 0) is 4.74 Å². The second kappa shape index (κ2) is 12.2. The minimum Gasteiger partial charge on any atom is -0.380 e. The second-order valence-corrected chi connectivity index (χ2v) is 10.6. The van der Waals surface area contributed by atoms with Crippen molar-refractivity contribution < 1.29 is 18.3 Å². The van der Waals surface area contributed by atoms with Crippen LogP contribution in [0.3, 0.4) is 0 Å². The molecule has 8 nitrogen and oxygen atoms in total. The van der Waals surface area contributed by atoms with Gasteiger partial charge in [0.2, 0.25) is 0 Å². The number of urea groups is 1. The molecule has 1 aliphatic rings. The summed E-state index contributed by atoms with van der Waals surface area (Å²) in [5, 5.41) is 11.0. The average Bonchev–Trinajstić information content (AvgIpc) is 3.47. The van der Waals surface area contributed by atoms with Gasteiger partial charge in [-0.15, -0.1) is 0 Å². The van der Waals surface area contributed by atoms with Crippen molar-refractivity contribution >= 4 is 11.8 Å². The molecule has 0 bridgehead atoms. The zero-order valence-corrected chi connectivity index (χ0v) is 24.1. The van der Waals surface area contributed by atoms with E-state index in [0.29, 0.717) is 24.4 Å². The zero-order chi connectivity index (χ0) is 30.0. The molecule has 1 saturated heterocycles. The maximum absolute atomic E-state index is 14.3. The normalized spacial score (nSPS) is 18.7. The number of ether oxygens (including phenoxy) is 1. The molecule has 218 valence electrons. The molecule has 2 N–H and O–H groups in total. The van der Waals surface area contributed by atoms with E-state index in [9.17, 15) is 13.6 Å². The summed E-state index contributed by atoms with van der Waals surface area (Å²) in [5.74, 6) is -1.35. The molecule has 4 aromatic rings. The van der Waals surface area contributed by atoms with Crippen LogP contribution >= 0.6 is 0 Å². The van der Waals surface area contributed by atoms with Crippen LogP contribution in [0.25, 0.3) is 16.9 Å². The summed E-state index contributed by atoms with van der Waals surface area (Å²) >= 11 is 0. The summed E-state index contributed by atoms with van der Waals surface area (Å²) in [7, 11) is 3.48. The highest BCUT2D eigenvalue weighted by Crippen LogP contribution is 2.38. The molecule has 5 rings (SSSR count). The van der Waals surface area contributed by atoms with E-state index >= 15 is 0 Å². The Kier molecular flexibility index (Phi) is 8.46. The number of hydrogen-bond donors (Lipinski definition) is 2. The van der Waals surface area contributed by atoms with Gasteiger partial charge in [-0.1, -0.05) is 30.8 Å². The lowest BCUT2D eigenvalue weighted by atomic mass is 9.99. The highest BCUT2D eigenvalue weighted by Gasteiger charge is 2.42. The van der Waals surface area contributed by atoms with Gasteiger partial charge in [0.25, 0.3) is 0 Å². The smallest absolute Gasteiger partial charge is 0.320 e. The van der Waals surface area contributed by atoms with Gasteiger partial charge in [-0.2, -0.15) is 5.10 Å². The van der Waals surface area contributed by atoms with E-state index in [-0.39, 0.29) is 6.04 Å². The number of likely N-dealkylation sites (tertiary alicyclic amines) is 1. The quantitative estimate of drug-likeness (QED) is 0.254. The van der Waals surface area contributed by atoms with Crippen LogP contribution in [-0.4, -0.2) is 58.5 Å². The molecule has 0 radical (unpaired) electrons. The molecule has 1 aliphatic heterocycles. The van der Waals surface area contributed by atoms with Gasteiger partial charge < -0.3 is 10.1 Å². The lowest BCUT2D eigenvalue weighted by Gasteiger charge is -2.29. The predicted octanol–water partition coefficient (Wildman–Crippen LogP) is 5.97. The first-order valence-electron chi connectivity index (χ1n) is 13.7. The van der Waals surface area contributed by atoms with Crippen molar-refractivity contribution in [2.75, 3.05) is 26.1 Å². The maximum atomic E-state index is 14.3. The minimum absolute atomic E-state index is 0.147. The first-order chi connectivity index (χ1) is 20.2. The van der Waals surface area contributed by atoms with Gasteiger partial charge in [0.05, 0.1) is 30.1 Å². The molecule has 3 atom stereocenters. The Hall–Kier alpha value is -4.41. The van der Waals surface area contributed by atoms with Crippen LogP contribution in [0.5, 0.6) is 0 Å². The SMILES string of the molecule is C=C(COC)[C@@H]1C[C@@H](NC(=O)Nc2c(C)c(-c3ccnc(C)c3)nn2-c2ccccc2)[C@H](c2ccc(F)c(F)c2)N1C. The van der Waals surface area contributed by atoms with Crippen molar-refractivity contribution in [1.82, 2.24) is 25.0 Å². The number of nitrogens with zero attached hydrogens (tertiary/aromatic N) is 4. The van der Waals surface area contributed by atoms with Crippen molar-refractivity contribution in [1.29, 1.82) is 0 Å². The first-order valence-corrected chi connectivity index (χ1v) is 13.7. The first kappa shape index (κ1) is 29.1. The Morgan fingerprint density at radius 3 is 2.55 bits per heavy atom. The number of amides is 2. The van der Waals surface area contributed by atoms with Gasteiger partial charge in [0.15, 0.2) is 11.6 Å². The molecular formula is C32H34F2N6O2. The number of para-hydroxylation sites is 1. The standard InChI is InChI=1S/C32H34F2N6O2/c1-19(18-42-5)28-17-27(30(39(28)4)23-11-12-25(33)26(34)16-23)36-32(41)37-31-21(3)29(22-13-14-35-20(2)15-22)38-40(31)24-9-7-6-8-10-24/h6-16,27-28,30H,1,17-18H2,2-5H3,(H2,36,37,41)/t27-,28+,30+/m1/s1. The second-order valence-electron chi connectivity index (χ2n) is 10.6. The van der Waals surface area contributed by atoms with Crippen LogP contribution in [0.2, 0.25) is 0 Å². The number of carbonyl (C=O) groups excluding carboxylic acids is 1. The number of carbonyl (C=O) groups is 1. The molecule has 2 aromatic heterocycles. The zero-order valence-electron chi connectivity index (χ0n) is 24.1. The molecule has 3 heterocycles. The van der Waals surface area contributed by atoms with E-state index in [1.54, 1.807) is 24.1 Å². The number of benzene rings is 2. The molecule has 10 heteroatoms. The largest absolute Gasteiger partial charge is 0.380 e. The molecule has 1 fully saturated rings. The lowest BCUT2D eigenvalue weighted by molar-refractivity contribution is 0.194. The third-order valence-electron chi connectivity index (χ3n) is 7.72. The molecular weight excluding hydrogens is 538 g/mol. The lowest BCUT2D eigenvalue weighted by Crippen LogP contribution is -2.41. The number of aryl methyl sites for hydroxylation is 1. The number of methoxy groups -OCH3 is 1. The fraction of sp³-hybridized carbons (Fsp3) is 0.281. The third kappa shape index (κ3) is 5.81. The van der Waals surface area contributed by atoms with Crippen LogP contribution in [0.4, 0.5) is 19.4 Å². The summed E-state index contributed by atoms with van der Waals surface area (Å²) in [6.07, 6.45) is 2.24. The molecule has 2 aromatic carbocycles. The van der Waals surface area contributed by atoms with E-state index in [1.807, 2.05) is 68.3 Å². The Labute approximate surface area is 244 Å². The van der Waals surface area contributed by atoms with E-state index in [1.165, 1.54) is 6.07 Å². The monoisotopic (exact) mass is 572 g/mol. The predicted molar refractivity (Wildman–Crippen MR) is 158 cm³/mol. The number of aromatic nitrogens is 3. The Bertz CT molecular complexity index is 1610. The van der Waals surface area contributed by atoms with E-state index in [0.717, 1.165) is 39.8 Å². The average molecular weight is 573 g/mol. The minimum atomic E-state index is -0.940. The Morgan fingerprint density at radius 1 is 1.10 bits per heavy atom. The van der Waals surface area contributed by atoms with E-state index in [4.69, 9.17) is 9.84 Å². The molecule has 0 aliphatic carbocycles. The number of rotatable bonds is 8. The van der Waals surface area contributed by atoms with Gasteiger partial charge in [-0.05, 0) is 74.9 Å². The number of likely N-dealkylation sites (N-methyl/N-ethyl adjacent to an activating group) is 1. The molecule has 42 heavy (non-hydrogen) atoms. The van der Waals surface area contributed by atoms with Gasteiger partial charge in [-0.3, -0.25) is 15.2 Å². The molecule has 0 saturated carbocycles. The van der Waals surface area contributed by atoms with Gasteiger partial charge in [0, 0.05) is 36.2 Å². The van der Waals surface area contributed by atoms with Crippen LogP contribution in [0.1, 0.15) is 29.3 Å². The van der Waals surface area contributed by atoms with Crippen molar-refractivity contribution in [3.63, 3.8) is 0 Å². The summed E-state index contributed by atoms with van der Waals surface area (Å²) in [5.41, 5.74) is 5.40. The molecule has 0 spiro atoms. The third-order valence-corrected chi connectivity index (χ3v) is 7.72. The van der Waals surface area contributed by atoms with Crippen molar-refractivity contribution in [2.45, 2.75) is 38.4 Å². The van der Waals surface area contributed by atoms with Crippen LogP contribution < -0.4 is 10.6 Å². The Morgan fingerprint density at radius 2 is 1.86 bits per heavy atom. The van der Waals surface area contributed by atoms with Crippen molar-refractivity contribution in [2.24, 2.45) is 0 Å². The van der Waals surface area contributed by atoms with Gasteiger partial charge >= 0.3 is 6.03 Å². The van der Waals surface area contributed by atoms with Crippen LogP contribution in [0.15, 0.2) is 79.0 Å². The molecule has 0 unspecified atom stereocenters. The topological polar surface area (TPSA) is 84.3 Å². The molecule has 2 amide bonds. The summed E-state index contributed by atoms with van der Waals surface area (Å²) in [6, 6.07) is 15.7. The van der Waals surface area contributed by atoms with Crippen LogP contribution in [0, 0.1) is 25.5 Å². The fourth-order valence-electron chi connectivity index (χ4n) is 5.73.